The molecule has 0 aliphatic carbocycles. The van der Waals surface area contributed by atoms with E-state index in [-0.39, 0.29) is 17.3 Å². The van der Waals surface area contributed by atoms with Crippen molar-refractivity contribution in [1.29, 1.82) is 0 Å². The van der Waals surface area contributed by atoms with Gasteiger partial charge in [0.15, 0.2) is 5.78 Å². The molecule has 4 aromatic rings. The van der Waals surface area contributed by atoms with Gasteiger partial charge in [-0.2, -0.15) is 0 Å². The Morgan fingerprint density at radius 2 is 1.61 bits per heavy atom. The predicted molar refractivity (Wildman–Crippen MR) is 143 cm³/mol. The molecule has 0 spiro atoms. The third-order valence-corrected chi connectivity index (χ3v) is 6.23. The number of fused-ring (bicyclic) bond motifs is 3. The summed E-state index contributed by atoms with van der Waals surface area (Å²) in [6.45, 7) is 9.65. The highest BCUT2D eigenvalue weighted by Gasteiger charge is 2.19. The van der Waals surface area contributed by atoms with E-state index >= 15 is 0 Å². The molecule has 182 valence electrons. The topological polar surface area (TPSA) is 77.7 Å². The fourth-order valence-electron chi connectivity index (χ4n) is 4.44. The van der Waals surface area contributed by atoms with Crippen LogP contribution in [0.2, 0.25) is 0 Å². The molecule has 1 heterocycles. The SMILES string of the molecule is C=CCCC(=NOC(C)=O)C(=O)c1ccc2c(c1)c1cc(C(=O)c3ccccc3C)ccc1n2CC. The van der Waals surface area contributed by atoms with E-state index in [4.69, 9.17) is 4.84 Å². The summed E-state index contributed by atoms with van der Waals surface area (Å²) >= 11 is 0. The van der Waals surface area contributed by atoms with Crippen molar-refractivity contribution in [2.24, 2.45) is 5.16 Å². The molecule has 0 amide bonds. The quantitative estimate of drug-likeness (QED) is 0.0910. The Balaban J connectivity index is 1.84. The van der Waals surface area contributed by atoms with Crippen LogP contribution in [0.3, 0.4) is 0 Å². The summed E-state index contributed by atoms with van der Waals surface area (Å²) < 4.78 is 2.16. The third-order valence-electron chi connectivity index (χ3n) is 6.23. The number of rotatable bonds is 9. The summed E-state index contributed by atoms with van der Waals surface area (Å²) in [5.41, 5.74) is 4.72. The standard InChI is InChI=1S/C30H28N2O4/c1-5-7-12-26(31-36-20(4)33)30(35)22-14-16-28-25(18-22)24-17-21(13-15-27(24)32(28)6-2)29(34)23-11-9-8-10-19(23)3/h5,8-11,13-18H,1,6-7,12H2,2-4H3. The summed E-state index contributed by atoms with van der Waals surface area (Å²) in [4.78, 5) is 42.6. The lowest BCUT2D eigenvalue weighted by atomic mass is 9.97. The maximum absolute atomic E-state index is 13.3. The minimum absolute atomic E-state index is 0.0418. The first-order valence-electron chi connectivity index (χ1n) is 11.9. The number of Topliss-reactive ketones (excluding diaryl/α,β-unsaturated/α-hetero) is 1. The van der Waals surface area contributed by atoms with Gasteiger partial charge in [0.1, 0.15) is 5.71 Å². The van der Waals surface area contributed by atoms with E-state index in [1.165, 1.54) is 6.92 Å². The highest BCUT2D eigenvalue weighted by atomic mass is 16.7. The second-order valence-corrected chi connectivity index (χ2v) is 8.63. The van der Waals surface area contributed by atoms with Crippen LogP contribution in [0, 0.1) is 6.92 Å². The van der Waals surface area contributed by atoms with Crippen molar-refractivity contribution in [3.63, 3.8) is 0 Å². The molecule has 0 radical (unpaired) electrons. The van der Waals surface area contributed by atoms with Crippen LogP contribution in [0.15, 0.2) is 78.5 Å². The highest BCUT2D eigenvalue weighted by molar-refractivity contribution is 6.46. The zero-order valence-electron chi connectivity index (χ0n) is 20.7. The molecule has 0 atom stereocenters. The Kier molecular flexibility index (Phi) is 7.25. The monoisotopic (exact) mass is 480 g/mol. The summed E-state index contributed by atoms with van der Waals surface area (Å²) in [7, 11) is 0. The first kappa shape index (κ1) is 24.8. The van der Waals surface area contributed by atoms with E-state index in [1.807, 2.05) is 61.5 Å². The maximum Gasteiger partial charge on any atom is 0.331 e. The molecule has 0 aliphatic rings. The molecule has 0 saturated heterocycles. The minimum atomic E-state index is -0.591. The summed E-state index contributed by atoms with van der Waals surface area (Å²) in [6.07, 6.45) is 2.51. The number of allylic oxidation sites excluding steroid dienone is 1. The summed E-state index contributed by atoms with van der Waals surface area (Å²) in [5.74, 6) is -0.949. The molecule has 0 N–H and O–H groups in total. The van der Waals surface area contributed by atoms with Crippen LogP contribution in [0.25, 0.3) is 21.8 Å². The number of oxime groups is 1. The van der Waals surface area contributed by atoms with Gasteiger partial charge in [0.05, 0.1) is 0 Å². The fourth-order valence-corrected chi connectivity index (χ4v) is 4.44. The van der Waals surface area contributed by atoms with Crippen LogP contribution >= 0.6 is 0 Å². The van der Waals surface area contributed by atoms with Gasteiger partial charge in [0, 0.05) is 58.4 Å². The maximum atomic E-state index is 13.3. The largest absolute Gasteiger partial charge is 0.341 e. The smallest absolute Gasteiger partial charge is 0.331 e. The van der Waals surface area contributed by atoms with Gasteiger partial charge in [0.2, 0.25) is 5.78 Å². The zero-order valence-corrected chi connectivity index (χ0v) is 20.7. The Morgan fingerprint density at radius 1 is 0.972 bits per heavy atom. The van der Waals surface area contributed by atoms with E-state index in [0.29, 0.717) is 29.5 Å². The van der Waals surface area contributed by atoms with Gasteiger partial charge in [0.25, 0.3) is 0 Å². The first-order valence-corrected chi connectivity index (χ1v) is 11.9. The Hall–Kier alpha value is -4.32. The van der Waals surface area contributed by atoms with Crippen LogP contribution in [-0.4, -0.2) is 27.8 Å². The Morgan fingerprint density at radius 3 is 2.22 bits per heavy atom. The summed E-state index contributed by atoms with van der Waals surface area (Å²) in [5, 5.41) is 5.56. The Bertz CT molecular complexity index is 1540. The number of nitrogens with zero attached hydrogens (tertiary/aromatic N) is 2. The van der Waals surface area contributed by atoms with Crippen molar-refractivity contribution in [3.05, 3.63) is 95.6 Å². The molecule has 6 nitrogen and oxygen atoms in total. The number of hydrogen-bond donors (Lipinski definition) is 0. The van der Waals surface area contributed by atoms with Crippen LogP contribution in [0.4, 0.5) is 0 Å². The lowest BCUT2D eigenvalue weighted by Gasteiger charge is -2.06. The van der Waals surface area contributed by atoms with Gasteiger partial charge in [-0.25, -0.2) is 4.79 Å². The van der Waals surface area contributed by atoms with Gasteiger partial charge in [-0.05, 0) is 62.2 Å². The predicted octanol–water partition coefficient (Wildman–Crippen LogP) is 6.42. The molecule has 36 heavy (non-hydrogen) atoms. The molecule has 0 bridgehead atoms. The third kappa shape index (κ3) is 4.75. The molecule has 0 fully saturated rings. The lowest BCUT2D eigenvalue weighted by molar-refractivity contribution is -0.140. The van der Waals surface area contributed by atoms with E-state index in [9.17, 15) is 14.4 Å². The number of ketones is 2. The minimum Gasteiger partial charge on any atom is -0.341 e. The zero-order chi connectivity index (χ0) is 25.8. The van der Waals surface area contributed by atoms with Crippen LogP contribution < -0.4 is 0 Å². The number of carbonyl (C=O) groups is 3. The molecular formula is C30H28N2O4. The van der Waals surface area contributed by atoms with Crippen LogP contribution in [-0.2, 0) is 16.2 Å². The van der Waals surface area contributed by atoms with Crippen molar-refractivity contribution in [1.82, 2.24) is 4.57 Å². The van der Waals surface area contributed by atoms with Gasteiger partial charge in [-0.3, -0.25) is 9.59 Å². The lowest BCUT2D eigenvalue weighted by Crippen LogP contribution is -2.15. The second kappa shape index (κ2) is 10.5. The molecule has 0 unspecified atom stereocenters. The molecule has 4 rings (SSSR count). The number of aryl methyl sites for hydroxylation is 2. The molecule has 6 heteroatoms. The van der Waals surface area contributed by atoms with Gasteiger partial charge >= 0.3 is 5.97 Å². The molecular weight excluding hydrogens is 452 g/mol. The second-order valence-electron chi connectivity index (χ2n) is 8.63. The first-order chi connectivity index (χ1) is 17.3. The van der Waals surface area contributed by atoms with Crippen molar-refractivity contribution >= 4 is 45.1 Å². The number of hydrogen-bond acceptors (Lipinski definition) is 5. The molecule has 0 saturated carbocycles. The highest BCUT2D eigenvalue weighted by Crippen LogP contribution is 2.32. The van der Waals surface area contributed by atoms with Crippen molar-refractivity contribution in [3.8, 4) is 0 Å². The average Bonchev–Trinajstić information content (AvgIpc) is 3.20. The molecule has 0 aliphatic heterocycles. The van der Waals surface area contributed by atoms with E-state index in [2.05, 4.69) is 23.2 Å². The average molecular weight is 481 g/mol. The Labute approximate surface area is 209 Å². The number of aromatic nitrogens is 1. The molecule has 3 aromatic carbocycles. The van der Waals surface area contributed by atoms with Gasteiger partial charge < -0.3 is 9.40 Å². The van der Waals surface area contributed by atoms with Crippen molar-refractivity contribution in [2.45, 2.75) is 40.2 Å². The van der Waals surface area contributed by atoms with Crippen LogP contribution in [0.1, 0.15) is 58.5 Å². The van der Waals surface area contributed by atoms with Gasteiger partial charge in [-0.1, -0.05) is 35.5 Å². The fraction of sp³-hybridized carbons (Fsp3) is 0.200. The van der Waals surface area contributed by atoms with Crippen molar-refractivity contribution in [2.75, 3.05) is 0 Å². The normalized spacial score (nSPS) is 11.6. The van der Waals surface area contributed by atoms with E-state index in [0.717, 1.165) is 33.9 Å². The van der Waals surface area contributed by atoms with Crippen molar-refractivity contribution < 1.29 is 19.2 Å². The number of benzene rings is 3. The van der Waals surface area contributed by atoms with E-state index < -0.39 is 5.97 Å². The molecule has 1 aromatic heterocycles. The van der Waals surface area contributed by atoms with Gasteiger partial charge in [-0.15, -0.1) is 6.58 Å². The number of carbonyl (C=O) groups excluding carboxylic acids is 3. The summed E-state index contributed by atoms with van der Waals surface area (Å²) in [6, 6.07) is 18.7. The van der Waals surface area contributed by atoms with Crippen LogP contribution in [0.5, 0.6) is 0 Å². The van der Waals surface area contributed by atoms with E-state index in [1.54, 1.807) is 12.1 Å².